The summed E-state index contributed by atoms with van der Waals surface area (Å²) in [5.74, 6) is -0.383. The predicted molar refractivity (Wildman–Crippen MR) is 100 cm³/mol. The molecule has 2 aliphatic heterocycles. The summed E-state index contributed by atoms with van der Waals surface area (Å²) in [5.41, 5.74) is 2.00. The Bertz CT molecular complexity index is 1070. The molecule has 11 heteroatoms. The number of rotatable bonds is 1. The van der Waals surface area contributed by atoms with Gasteiger partial charge in [0.05, 0.1) is 25.4 Å². The van der Waals surface area contributed by atoms with Gasteiger partial charge in [0.2, 0.25) is 0 Å². The Hall–Kier alpha value is -2.99. The zero-order valence-electron chi connectivity index (χ0n) is 15.8. The van der Waals surface area contributed by atoms with Crippen LogP contribution in [-0.4, -0.2) is 81.6 Å². The highest BCUT2D eigenvalue weighted by Crippen LogP contribution is 2.29. The minimum absolute atomic E-state index is 0.107. The number of ketones is 1. The molecule has 0 radical (unpaired) electrons. The van der Waals surface area contributed by atoms with E-state index in [2.05, 4.69) is 20.6 Å². The number of nitrogens with zero attached hydrogens (tertiary/aromatic N) is 6. The van der Waals surface area contributed by atoms with Gasteiger partial charge in [-0.3, -0.25) is 4.79 Å². The van der Waals surface area contributed by atoms with E-state index in [4.69, 9.17) is 4.74 Å². The third kappa shape index (κ3) is 3.21. The number of carbonyl (C=O) groups excluding carboxylic acids is 1. The topological polar surface area (TPSA) is 148 Å². The molecule has 0 aliphatic carbocycles. The first-order valence-corrected chi connectivity index (χ1v) is 9.62. The van der Waals surface area contributed by atoms with Gasteiger partial charge >= 0.3 is 0 Å². The zero-order chi connectivity index (χ0) is 20.8. The molecule has 1 aromatic carbocycles. The average Bonchev–Trinajstić information content (AvgIpc) is 3.37. The lowest BCUT2D eigenvalue weighted by atomic mass is 9.91. The SMILES string of the molecule is O=C1C[C@H]2O[C@H](Cn3cc(nn3)Cn3nnc1c3-c1ccccc1)[C@@H](O)[C@H](O)[C@H]2O. The third-order valence-corrected chi connectivity index (χ3v) is 5.51. The van der Waals surface area contributed by atoms with Crippen LogP contribution in [0.3, 0.4) is 0 Å². The van der Waals surface area contributed by atoms with Crippen LogP contribution in [0, 0.1) is 0 Å². The van der Waals surface area contributed by atoms with E-state index in [1.54, 1.807) is 10.9 Å². The molecule has 5 rings (SSSR count). The molecular weight excluding hydrogens is 392 g/mol. The van der Waals surface area contributed by atoms with Crippen molar-refractivity contribution < 1.29 is 24.9 Å². The number of Topliss-reactive ketones (excluding diaryl/α,β-unsaturated/α-hetero) is 1. The average molecular weight is 412 g/mol. The van der Waals surface area contributed by atoms with Crippen molar-refractivity contribution in [2.24, 2.45) is 0 Å². The Morgan fingerprint density at radius 3 is 2.53 bits per heavy atom. The summed E-state index contributed by atoms with van der Waals surface area (Å²) in [5, 5.41) is 47.4. The van der Waals surface area contributed by atoms with Gasteiger partial charge < -0.3 is 20.1 Å². The van der Waals surface area contributed by atoms with E-state index in [-0.39, 0.29) is 31.0 Å². The lowest BCUT2D eigenvalue weighted by molar-refractivity contribution is -0.224. The second-order valence-corrected chi connectivity index (χ2v) is 7.55. The summed E-state index contributed by atoms with van der Waals surface area (Å²) in [7, 11) is 0. The molecular formula is C19H20N6O5. The second-order valence-electron chi connectivity index (χ2n) is 7.55. The van der Waals surface area contributed by atoms with Crippen LogP contribution in [0.2, 0.25) is 0 Å². The number of hydrogen-bond acceptors (Lipinski definition) is 9. The summed E-state index contributed by atoms with van der Waals surface area (Å²) in [6, 6.07) is 9.27. The van der Waals surface area contributed by atoms with Crippen LogP contribution in [0.4, 0.5) is 0 Å². The number of carbonyl (C=O) groups is 1. The lowest BCUT2D eigenvalue weighted by Gasteiger charge is -2.40. The van der Waals surface area contributed by atoms with Crippen molar-refractivity contribution in [1.29, 1.82) is 0 Å². The van der Waals surface area contributed by atoms with Gasteiger partial charge in [0.1, 0.15) is 35.8 Å². The second kappa shape index (κ2) is 7.36. The van der Waals surface area contributed by atoms with Crippen molar-refractivity contribution in [1.82, 2.24) is 30.0 Å². The number of aliphatic hydroxyl groups is 3. The highest BCUT2D eigenvalue weighted by molar-refractivity contribution is 6.00. The molecule has 1 fully saturated rings. The third-order valence-electron chi connectivity index (χ3n) is 5.51. The van der Waals surface area contributed by atoms with Crippen LogP contribution >= 0.6 is 0 Å². The fraction of sp³-hybridized carbons (Fsp3) is 0.421. The molecule has 4 heterocycles. The van der Waals surface area contributed by atoms with E-state index in [9.17, 15) is 20.1 Å². The fourth-order valence-electron chi connectivity index (χ4n) is 3.96. The minimum atomic E-state index is -1.46. The van der Waals surface area contributed by atoms with Crippen LogP contribution in [-0.2, 0) is 17.8 Å². The Kier molecular flexibility index (Phi) is 4.66. The number of aromatic nitrogens is 6. The lowest BCUT2D eigenvalue weighted by Crippen LogP contribution is -2.58. The molecule has 0 unspecified atom stereocenters. The molecule has 0 spiro atoms. The number of hydrogen-bond donors (Lipinski definition) is 3. The molecule has 3 aromatic rings. The van der Waals surface area contributed by atoms with Gasteiger partial charge in [-0.25, -0.2) is 9.36 Å². The van der Waals surface area contributed by atoms with E-state index >= 15 is 0 Å². The molecule has 156 valence electrons. The molecule has 6 bridgehead atoms. The van der Waals surface area contributed by atoms with E-state index < -0.39 is 30.5 Å². The molecule has 0 amide bonds. The van der Waals surface area contributed by atoms with E-state index in [1.165, 1.54) is 4.68 Å². The van der Waals surface area contributed by atoms with Crippen LogP contribution in [0.5, 0.6) is 0 Å². The normalized spacial score (nSPS) is 29.0. The van der Waals surface area contributed by atoms with Crippen molar-refractivity contribution in [2.75, 3.05) is 0 Å². The van der Waals surface area contributed by atoms with Crippen molar-refractivity contribution in [3.05, 3.63) is 47.9 Å². The standard InChI is InChI=1S/C19H20N6O5/c26-12-6-13-17(27)19(29)18(28)14(30-13)9-24-7-11(20-22-24)8-25-16(15(12)21-23-25)10-4-2-1-3-5-10/h1-5,7,13-14,17-19,27-29H,6,8-9H2/t13-,14-,17+,18-,19-/m1/s1. The summed E-state index contributed by atoms with van der Waals surface area (Å²) >= 11 is 0. The highest BCUT2D eigenvalue weighted by atomic mass is 16.5. The van der Waals surface area contributed by atoms with Crippen molar-refractivity contribution >= 4 is 5.78 Å². The molecule has 5 atom stereocenters. The Morgan fingerprint density at radius 2 is 1.73 bits per heavy atom. The van der Waals surface area contributed by atoms with Gasteiger partial charge in [-0.15, -0.1) is 10.2 Å². The summed E-state index contributed by atoms with van der Waals surface area (Å²) in [4.78, 5) is 13.1. The highest BCUT2D eigenvalue weighted by Gasteiger charge is 2.45. The van der Waals surface area contributed by atoms with Gasteiger partial charge in [-0.05, 0) is 0 Å². The largest absolute Gasteiger partial charge is 0.388 e. The van der Waals surface area contributed by atoms with Crippen LogP contribution in [0.15, 0.2) is 36.5 Å². The van der Waals surface area contributed by atoms with Gasteiger partial charge in [0, 0.05) is 12.0 Å². The summed E-state index contributed by atoms with van der Waals surface area (Å²) in [6.07, 6.45) is -4.63. The molecule has 0 saturated carbocycles. The Labute approximate surface area is 170 Å². The fourth-order valence-corrected chi connectivity index (χ4v) is 3.96. The molecule has 1 saturated heterocycles. The Balaban J connectivity index is 1.62. The summed E-state index contributed by atoms with van der Waals surface area (Å²) < 4.78 is 8.88. The van der Waals surface area contributed by atoms with E-state index in [1.807, 2.05) is 30.3 Å². The van der Waals surface area contributed by atoms with E-state index in [0.29, 0.717) is 11.4 Å². The first-order chi connectivity index (χ1) is 14.5. The monoisotopic (exact) mass is 412 g/mol. The van der Waals surface area contributed by atoms with Crippen molar-refractivity contribution in [3.63, 3.8) is 0 Å². The van der Waals surface area contributed by atoms with Crippen LogP contribution in [0.25, 0.3) is 11.3 Å². The maximum absolute atomic E-state index is 13.1. The predicted octanol–water partition coefficient (Wildman–Crippen LogP) is -0.979. The maximum atomic E-state index is 13.1. The van der Waals surface area contributed by atoms with Gasteiger partial charge in [0.15, 0.2) is 11.5 Å². The smallest absolute Gasteiger partial charge is 0.188 e. The number of ether oxygens (including phenoxy) is 1. The first kappa shape index (κ1) is 19.0. The first-order valence-electron chi connectivity index (χ1n) is 9.62. The van der Waals surface area contributed by atoms with Crippen LogP contribution in [0.1, 0.15) is 22.6 Å². The number of fused-ring (bicyclic) bond motifs is 6. The van der Waals surface area contributed by atoms with Crippen LogP contribution < -0.4 is 0 Å². The number of aliphatic hydroxyl groups excluding tert-OH is 3. The molecule has 2 aromatic heterocycles. The van der Waals surface area contributed by atoms with Crippen molar-refractivity contribution in [2.45, 2.75) is 50.0 Å². The molecule has 30 heavy (non-hydrogen) atoms. The molecule has 2 aliphatic rings. The van der Waals surface area contributed by atoms with Gasteiger partial charge in [-0.1, -0.05) is 40.8 Å². The molecule has 3 N–H and O–H groups in total. The van der Waals surface area contributed by atoms with E-state index in [0.717, 1.165) is 5.56 Å². The van der Waals surface area contributed by atoms with Gasteiger partial charge in [-0.2, -0.15) is 0 Å². The summed E-state index contributed by atoms with van der Waals surface area (Å²) in [6.45, 7) is 0.350. The maximum Gasteiger partial charge on any atom is 0.188 e. The number of benzene rings is 1. The quantitative estimate of drug-likeness (QED) is 0.458. The minimum Gasteiger partial charge on any atom is -0.388 e. The van der Waals surface area contributed by atoms with Gasteiger partial charge in [0.25, 0.3) is 0 Å². The molecule has 11 nitrogen and oxygen atoms in total. The Morgan fingerprint density at radius 1 is 0.967 bits per heavy atom. The van der Waals surface area contributed by atoms with Crippen molar-refractivity contribution in [3.8, 4) is 11.3 Å². The zero-order valence-corrected chi connectivity index (χ0v) is 15.8.